The van der Waals surface area contributed by atoms with Crippen molar-refractivity contribution in [2.45, 2.75) is 45.1 Å². The Balaban J connectivity index is 1.24. The van der Waals surface area contributed by atoms with Crippen molar-refractivity contribution >= 4 is 17.5 Å². The molecule has 2 aromatic carbocycles. The number of amides is 2. The van der Waals surface area contributed by atoms with Crippen LogP contribution in [0.3, 0.4) is 0 Å². The Morgan fingerprint density at radius 3 is 2.53 bits per heavy atom. The molecule has 0 saturated carbocycles. The summed E-state index contributed by atoms with van der Waals surface area (Å²) in [5.74, 6) is 2.27. The number of aryl methyl sites for hydroxylation is 1. The lowest BCUT2D eigenvalue weighted by molar-refractivity contribution is -0.132. The number of hydrogen-bond acceptors (Lipinski definition) is 4. The van der Waals surface area contributed by atoms with E-state index < -0.39 is 6.10 Å². The summed E-state index contributed by atoms with van der Waals surface area (Å²) in [6, 6.07) is 15.8. The molecule has 0 bridgehead atoms. The molecular weight excluding hydrogens is 404 g/mol. The normalized spacial score (nSPS) is 18.8. The summed E-state index contributed by atoms with van der Waals surface area (Å²) in [6.45, 7) is 3.75. The number of benzene rings is 2. The second kappa shape index (κ2) is 10.1. The van der Waals surface area contributed by atoms with E-state index in [1.807, 2.05) is 41.3 Å². The van der Waals surface area contributed by atoms with Crippen molar-refractivity contribution in [1.29, 1.82) is 0 Å². The molecule has 0 spiro atoms. The molecule has 2 aliphatic heterocycles. The van der Waals surface area contributed by atoms with E-state index in [2.05, 4.69) is 12.1 Å². The SMILES string of the molecule is COc1ccc(CCC2CCN(C(=O)CCN3C(=O)C(C)Oc4ccccc43)CC2)cc1. The molecular formula is C26H32N2O4. The van der Waals surface area contributed by atoms with Crippen molar-refractivity contribution in [3.05, 3.63) is 54.1 Å². The molecule has 0 radical (unpaired) electrons. The minimum atomic E-state index is -0.526. The highest BCUT2D eigenvalue weighted by atomic mass is 16.5. The van der Waals surface area contributed by atoms with Crippen LogP contribution in [-0.2, 0) is 16.0 Å². The lowest BCUT2D eigenvalue weighted by Crippen LogP contribution is -2.46. The molecule has 1 unspecified atom stereocenters. The number of piperidine rings is 1. The molecule has 6 nitrogen and oxygen atoms in total. The molecule has 6 heteroatoms. The minimum absolute atomic E-state index is 0.0891. The third-order valence-corrected chi connectivity index (χ3v) is 6.59. The third kappa shape index (κ3) is 5.06. The van der Waals surface area contributed by atoms with Gasteiger partial charge in [-0.3, -0.25) is 9.59 Å². The molecule has 2 heterocycles. The largest absolute Gasteiger partial charge is 0.497 e. The Bertz CT molecular complexity index is 935. The van der Waals surface area contributed by atoms with Gasteiger partial charge in [-0.1, -0.05) is 24.3 Å². The van der Waals surface area contributed by atoms with Gasteiger partial charge in [-0.05, 0) is 68.4 Å². The van der Waals surface area contributed by atoms with Crippen LogP contribution in [0.1, 0.15) is 38.2 Å². The number of fused-ring (bicyclic) bond motifs is 1. The zero-order valence-electron chi connectivity index (χ0n) is 19.0. The predicted molar refractivity (Wildman–Crippen MR) is 124 cm³/mol. The molecule has 0 aromatic heterocycles. The van der Waals surface area contributed by atoms with Crippen LogP contribution in [0.4, 0.5) is 5.69 Å². The quantitative estimate of drug-likeness (QED) is 0.657. The zero-order valence-corrected chi connectivity index (χ0v) is 19.0. The lowest BCUT2D eigenvalue weighted by Gasteiger charge is -2.35. The van der Waals surface area contributed by atoms with Crippen molar-refractivity contribution in [1.82, 2.24) is 4.90 Å². The molecule has 2 aromatic rings. The molecule has 2 aliphatic rings. The Morgan fingerprint density at radius 1 is 1.09 bits per heavy atom. The van der Waals surface area contributed by atoms with E-state index in [-0.39, 0.29) is 11.8 Å². The summed E-state index contributed by atoms with van der Waals surface area (Å²) in [6.07, 6.45) is 4.09. The maximum Gasteiger partial charge on any atom is 0.267 e. The van der Waals surface area contributed by atoms with Crippen molar-refractivity contribution in [3.63, 3.8) is 0 Å². The van der Waals surface area contributed by atoms with E-state index >= 15 is 0 Å². The van der Waals surface area contributed by atoms with Crippen LogP contribution in [0.5, 0.6) is 11.5 Å². The number of methoxy groups -OCH3 is 1. The highest BCUT2D eigenvalue weighted by molar-refractivity contribution is 6.00. The van der Waals surface area contributed by atoms with Gasteiger partial charge in [0.05, 0.1) is 12.8 Å². The summed E-state index contributed by atoms with van der Waals surface area (Å²) in [7, 11) is 1.68. The number of carbonyl (C=O) groups is 2. The van der Waals surface area contributed by atoms with Crippen molar-refractivity contribution in [2.24, 2.45) is 5.92 Å². The van der Waals surface area contributed by atoms with E-state index in [1.54, 1.807) is 18.9 Å². The summed E-state index contributed by atoms with van der Waals surface area (Å²) in [5.41, 5.74) is 2.08. The van der Waals surface area contributed by atoms with Crippen molar-refractivity contribution in [2.75, 3.05) is 31.6 Å². The first-order chi connectivity index (χ1) is 15.5. The highest BCUT2D eigenvalue weighted by Gasteiger charge is 2.32. The number of hydrogen-bond donors (Lipinski definition) is 0. The molecule has 1 atom stereocenters. The summed E-state index contributed by atoms with van der Waals surface area (Å²) in [4.78, 5) is 29.1. The number of para-hydroxylation sites is 2. The monoisotopic (exact) mass is 436 g/mol. The van der Waals surface area contributed by atoms with Gasteiger partial charge in [-0.25, -0.2) is 0 Å². The number of likely N-dealkylation sites (tertiary alicyclic amines) is 1. The maximum absolute atomic E-state index is 12.8. The number of anilines is 1. The number of carbonyl (C=O) groups excluding carboxylic acids is 2. The van der Waals surface area contributed by atoms with E-state index in [0.717, 1.165) is 50.2 Å². The van der Waals surface area contributed by atoms with Gasteiger partial charge in [-0.2, -0.15) is 0 Å². The average Bonchev–Trinajstić information content (AvgIpc) is 2.83. The molecule has 1 fully saturated rings. The smallest absolute Gasteiger partial charge is 0.267 e. The van der Waals surface area contributed by atoms with Gasteiger partial charge in [0, 0.05) is 26.1 Å². The topological polar surface area (TPSA) is 59.1 Å². The third-order valence-electron chi connectivity index (χ3n) is 6.59. The zero-order chi connectivity index (χ0) is 22.5. The van der Waals surface area contributed by atoms with Gasteiger partial charge in [-0.15, -0.1) is 0 Å². The van der Waals surface area contributed by atoms with Crippen LogP contribution in [0, 0.1) is 5.92 Å². The van der Waals surface area contributed by atoms with Gasteiger partial charge in [0.1, 0.15) is 11.5 Å². The Hall–Kier alpha value is -3.02. The van der Waals surface area contributed by atoms with Gasteiger partial charge in [0.25, 0.3) is 5.91 Å². The molecule has 0 aliphatic carbocycles. The molecule has 4 rings (SSSR count). The number of nitrogens with zero attached hydrogens (tertiary/aromatic N) is 2. The summed E-state index contributed by atoms with van der Waals surface area (Å²) >= 11 is 0. The predicted octanol–water partition coefficient (Wildman–Crippen LogP) is 4.07. The van der Waals surface area contributed by atoms with Crippen LogP contribution < -0.4 is 14.4 Å². The molecule has 32 heavy (non-hydrogen) atoms. The fourth-order valence-corrected chi connectivity index (χ4v) is 4.59. The maximum atomic E-state index is 12.8. The van der Waals surface area contributed by atoms with E-state index in [4.69, 9.17) is 9.47 Å². The Labute approximate surface area is 190 Å². The van der Waals surface area contributed by atoms with Crippen LogP contribution >= 0.6 is 0 Å². The number of ether oxygens (including phenoxy) is 2. The number of rotatable bonds is 7. The summed E-state index contributed by atoms with van der Waals surface area (Å²) < 4.78 is 10.9. The molecule has 170 valence electrons. The first kappa shape index (κ1) is 22.2. The molecule has 1 saturated heterocycles. The fourth-order valence-electron chi connectivity index (χ4n) is 4.59. The van der Waals surface area contributed by atoms with E-state index in [9.17, 15) is 9.59 Å². The van der Waals surface area contributed by atoms with Gasteiger partial charge < -0.3 is 19.3 Å². The fraction of sp³-hybridized carbons (Fsp3) is 0.462. The van der Waals surface area contributed by atoms with Gasteiger partial charge in [0.2, 0.25) is 5.91 Å². The van der Waals surface area contributed by atoms with Gasteiger partial charge in [0.15, 0.2) is 6.10 Å². The minimum Gasteiger partial charge on any atom is -0.497 e. The first-order valence-corrected chi connectivity index (χ1v) is 11.5. The molecule has 2 amide bonds. The van der Waals surface area contributed by atoms with E-state index in [0.29, 0.717) is 24.6 Å². The second-order valence-corrected chi connectivity index (χ2v) is 8.68. The van der Waals surface area contributed by atoms with Crippen molar-refractivity contribution in [3.8, 4) is 11.5 Å². The first-order valence-electron chi connectivity index (χ1n) is 11.5. The van der Waals surface area contributed by atoms with Crippen LogP contribution in [-0.4, -0.2) is 49.6 Å². The van der Waals surface area contributed by atoms with E-state index in [1.165, 1.54) is 5.56 Å². The highest BCUT2D eigenvalue weighted by Crippen LogP contribution is 2.33. The lowest BCUT2D eigenvalue weighted by atomic mass is 9.90. The van der Waals surface area contributed by atoms with Crippen LogP contribution in [0.15, 0.2) is 48.5 Å². The average molecular weight is 437 g/mol. The van der Waals surface area contributed by atoms with Crippen LogP contribution in [0.25, 0.3) is 0 Å². The van der Waals surface area contributed by atoms with Gasteiger partial charge >= 0.3 is 0 Å². The molecule has 0 N–H and O–H groups in total. The Kier molecular flexibility index (Phi) is 6.98. The second-order valence-electron chi connectivity index (χ2n) is 8.68. The van der Waals surface area contributed by atoms with Crippen LogP contribution in [0.2, 0.25) is 0 Å². The Morgan fingerprint density at radius 2 is 1.81 bits per heavy atom. The van der Waals surface area contributed by atoms with Crippen molar-refractivity contribution < 1.29 is 19.1 Å². The standard InChI is InChI=1S/C26H32N2O4/c1-19-26(30)28(23-5-3-4-6-24(23)32-19)18-15-25(29)27-16-13-21(14-17-27)8-7-20-9-11-22(31-2)12-10-20/h3-6,9-12,19,21H,7-8,13-18H2,1-2H3. The summed E-state index contributed by atoms with van der Waals surface area (Å²) in [5, 5.41) is 0.